The molecule has 1 aromatic rings. The van der Waals surface area contributed by atoms with E-state index in [1.165, 1.54) is 37.7 Å². The maximum atomic E-state index is 13.9. The van der Waals surface area contributed by atoms with E-state index in [0.29, 0.717) is 11.8 Å². The smallest absolute Gasteiger partial charge is 0.126 e. The van der Waals surface area contributed by atoms with Gasteiger partial charge in [-0.2, -0.15) is 0 Å². The van der Waals surface area contributed by atoms with Crippen LogP contribution in [0, 0.1) is 24.6 Å². The summed E-state index contributed by atoms with van der Waals surface area (Å²) in [6, 6.07) is 6.63. The van der Waals surface area contributed by atoms with E-state index in [1.807, 2.05) is 13.0 Å². The van der Waals surface area contributed by atoms with Crippen LogP contribution in [0.1, 0.15) is 56.1 Å². The zero-order valence-corrected chi connectivity index (χ0v) is 12.7. The molecule has 3 atom stereocenters. The molecule has 0 radical (unpaired) electrons. The minimum Gasteiger partial charge on any atom is -0.314 e. The van der Waals surface area contributed by atoms with Crippen LogP contribution in [-0.2, 0) is 0 Å². The molecule has 2 heteroatoms. The van der Waals surface area contributed by atoms with Crippen LogP contribution in [-0.4, -0.2) is 12.6 Å². The predicted molar refractivity (Wildman–Crippen MR) is 81.4 cm³/mol. The van der Waals surface area contributed by atoms with Crippen LogP contribution in [0.3, 0.4) is 0 Å². The molecule has 0 bridgehead atoms. The van der Waals surface area contributed by atoms with Crippen molar-refractivity contribution in [2.45, 2.75) is 57.9 Å². The lowest BCUT2D eigenvalue weighted by molar-refractivity contribution is 0.241. The molecular weight excluding hydrogens is 249 g/mol. The van der Waals surface area contributed by atoms with Gasteiger partial charge in [0.15, 0.2) is 0 Å². The summed E-state index contributed by atoms with van der Waals surface area (Å²) in [5.74, 6) is 1.92. The molecule has 2 aliphatic rings. The Hall–Kier alpha value is -0.890. The third kappa shape index (κ3) is 3.22. The SMILES string of the molecule is Cc1ccc(C2CC(C)CCC2CNC2CC2)cc1F. The number of nitrogens with one attached hydrogen (secondary N) is 1. The molecule has 0 aliphatic heterocycles. The quantitative estimate of drug-likeness (QED) is 0.858. The molecule has 3 rings (SSSR count). The Labute approximate surface area is 122 Å². The van der Waals surface area contributed by atoms with Crippen molar-refractivity contribution >= 4 is 0 Å². The molecule has 0 aromatic heterocycles. The summed E-state index contributed by atoms with van der Waals surface area (Å²) < 4.78 is 13.9. The van der Waals surface area contributed by atoms with Gasteiger partial charge < -0.3 is 5.32 Å². The molecule has 3 unspecified atom stereocenters. The first-order chi connectivity index (χ1) is 9.63. The zero-order chi connectivity index (χ0) is 14.1. The van der Waals surface area contributed by atoms with Crippen LogP contribution in [0.2, 0.25) is 0 Å². The average Bonchev–Trinajstić information content (AvgIpc) is 3.24. The van der Waals surface area contributed by atoms with Gasteiger partial charge in [-0.25, -0.2) is 4.39 Å². The summed E-state index contributed by atoms with van der Waals surface area (Å²) in [5.41, 5.74) is 1.97. The second-order valence-corrected chi connectivity index (χ2v) is 6.98. The maximum absolute atomic E-state index is 13.9. The highest BCUT2D eigenvalue weighted by atomic mass is 19.1. The van der Waals surface area contributed by atoms with Gasteiger partial charge in [-0.1, -0.05) is 25.5 Å². The largest absolute Gasteiger partial charge is 0.314 e. The standard InChI is InChI=1S/C18H26FN/c1-12-3-5-15(11-20-16-7-8-16)17(9-12)14-6-4-13(2)18(19)10-14/h4,6,10,12,15-17,20H,3,5,7-9,11H2,1-2H3. The number of rotatable bonds is 4. The number of hydrogen-bond donors (Lipinski definition) is 1. The van der Waals surface area contributed by atoms with Crippen LogP contribution >= 0.6 is 0 Å². The van der Waals surface area contributed by atoms with Gasteiger partial charge in [-0.15, -0.1) is 0 Å². The summed E-state index contributed by atoms with van der Waals surface area (Å²) >= 11 is 0. The van der Waals surface area contributed by atoms with Crippen LogP contribution in [0.4, 0.5) is 4.39 Å². The minimum atomic E-state index is -0.0466. The van der Waals surface area contributed by atoms with E-state index >= 15 is 0 Å². The molecule has 2 fully saturated rings. The second-order valence-electron chi connectivity index (χ2n) is 6.98. The molecule has 1 nitrogen and oxygen atoms in total. The van der Waals surface area contributed by atoms with Gasteiger partial charge in [0.2, 0.25) is 0 Å². The van der Waals surface area contributed by atoms with E-state index in [2.05, 4.69) is 18.3 Å². The third-order valence-electron chi connectivity index (χ3n) is 5.13. The van der Waals surface area contributed by atoms with Crippen LogP contribution in [0.25, 0.3) is 0 Å². The second kappa shape index (κ2) is 5.85. The van der Waals surface area contributed by atoms with E-state index in [9.17, 15) is 4.39 Å². The van der Waals surface area contributed by atoms with Gasteiger partial charge in [0, 0.05) is 6.04 Å². The van der Waals surface area contributed by atoms with Crippen molar-refractivity contribution < 1.29 is 4.39 Å². The lowest BCUT2D eigenvalue weighted by atomic mass is 9.71. The number of aryl methyl sites for hydroxylation is 1. The first kappa shape index (κ1) is 14.1. The Kier molecular flexibility index (Phi) is 4.11. The fourth-order valence-electron chi connectivity index (χ4n) is 3.54. The molecule has 1 aromatic carbocycles. The summed E-state index contributed by atoms with van der Waals surface area (Å²) in [6.07, 6.45) is 6.49. The molecule has 0 amide bonds. The molecular formula is C18H26FN. The fourth-order valence-corrected chi connectivity index (χ4v) is 3.54. The summed E-state index contributed by atoms with van der Waals surface area (Å²) in [4.78, 5) is 0. The first-order valence-corrected chi connectivity index (χ1v) is 8.13. The molecule has 20 heavy (non-hydrogen) atoms. The highest BCUT2D eigenvalue weighted by Crippen LogP contribution is 2.41. The Morgan fingerprint density at radius 1 is 1.20 bits per heavy atom. The molecule has 0 saturated heterocycles. The molecule has 0 heterocycles. The Bertz CT molecular complexity index is 466. The van der Waals surface area contributed by atoms with Crippen molar-refractivity contribution in [1.82, 2.24) is 5.32 Å². The van der Waals surface area contributed by atoms with Crippen LogP contribution in [0.15, 0.2) is 18.2 Å². The van der Waals surface area contributed by atoms with Crippen molar-refractivity contribution in [1.29, 1.82) is 0 Å². The van der Waals surface area contributed by atoms with Gasteiger partial charge >= 0.3 is 0 Å². The van der Waals surface area contributed by atoms with Crippen molar-refractivity contribution in [3.05, 3.63) is 35.1 Å². The van der Waals surface area contributed by atoms with Gasteiger partial charge in [-0.3, -0.25) is 0 Å². The highest BCUT2D eigenvalue weighted by molar-refractivity contribution is 5.27. The van der Waals surface area contributed by atoms with E-state index in [4.69, 9.17) is 0 Å². The Morgan fingerprint density at radius 2 is 2.00 bits per heavy atom. The zero-order valence-electron chi connectivity index (χ0n) is 12.7. The normalized spacial score (nSPS) is 30.4. The van der Waals surface area contributed by atoms with Gasteiger partial charge in [-0.05, 0) is 74.1 Å². The van der Waals surface area contributed by atoms with Gasteiger partial charge in [0.1, 0.15) is 5.82 Å². The van der Waals surface area contributed by atoms with Crippen LogP contribution in [0.5, 0.6) is 0 Å². The summed E-state index contributed by atoms with van der Waals surface area (Å²) in [7, 11) is 0. The maximum Gasteiger partial charge on any atom is 0.126 e. The first-order valence-electron chi connectivity index (χ1n) is 8.13. The fraction of sp³-hybridized carbons (Fsp3) is 0.667. The number of benzene rings is 1. The van der Waals surface area contributed by atoms with Gasteiger partial charge in [0.05, 0.1) is 0 Å². The highest BCUT2D eigenvalue weighted by Gasteiger charge is 2.31. The summed E-state index contributed by atoms with van der Waals surface area (Å²) in [6.45, 7) is 5.29. The molecule has 2 saturated carbocycles. The van der Waals surface area contributed by atoms with Gasteiger partial charge in [0.25, 0.3) is 0 Å². The van der Waals surface area contributed by atoms with E-state index in [-0.39, 0.29) is 5.82 Å². The van der Waals surface area contributed by atoms with Crippen molar-refractivity contribution in [2.24, 2.45) is 11.8 Å². The number of halogens is 1. The van der Waals surface area contributed by atoms with Crippen molar-refractivity contribution in [3.63, 3.8) is 0 Å². The lowest BCUT2D eigenvalue weighted by Crippen LogP contribution is -2.32. The van der Waals surface area contributed by atoms with Crippen molar-refractivity contribution in [2.75, 3.05) is 6.54 Å². The topological polar surface area (TPSA) is 12.0 Å². The molecule has 110 valence electrons. The van der Waals surface area contributed by atoms with Crippen LogP contribution < -0.4 is 5.32 Å². The monoisotopic (exact) mass is 275 g/mol. The molecule has 2 aliphatic carbocycles. The van der Waals surface area contributed by atoms with E-state index < -0.39 is 0 Å². The molecule has 0 spiro atoms. The predicted octanol–water partition coefficient (Wildman–Crippen LogP) is 4.41. The Morgan fingerprint density at radius 3 is 2.70 bits per heavy atom. The Balaban J connectivity index is 1.75. The summed E-state index contributed by atoms with van der Waals surface area (Å²) in [5, 5.41) is 3.67. The molecule has 1 N–H and O–H groups in total. The third-order valence-corrected chi connectivity index (χ3v) is 5.13. The van der Waals surface area contributed by atoms with Crippen molar-refractivity contribution in [3.8, 4) is 0 Å². The van der Waals surface area contributed by atoms with E-state index in [0.717, 1.165) is 24.1 Å². The average molecular weight is 275 g/mol. The van der Waals surface area contributed by atoms with E-state index in [1.54, 1.807) is 6.07 Å². The number of hydrogen-bond acceptors (Lipinski definition) is 1. The lowest BCUT2D eigenvalue weighted by Gasteiger charge is -2.35. The minimum absolute atomic E-state index is 0.0466.